The number of carbonyl (C=O) groups is 5. The third-order valence-corrected chi connectivity index (χ3v) is 5.27. The molecule has 2 rings (SSSR count). The maximum absolute atomic E-state index is 13.4. The van der Waals surface area contributed by atoms with E-state index in [9.17, 15) is 44.4 Å². The molecule has 0 aliphatic carbocycles. The van der Waals surface area contributed by atoms with Crippen molar-refractivity contribution in [3.8, 4) is 0 Å². The lowest BCUT2D eigenvalue weighted by Gasteiger charge is -2.40. The summed E-state index contributed by atoms with van der Waals surface area (Å²) in [6.45, 7) is -0.135. The Morgan fingerprint density at radius 2 is 1.25 bits per heavy atom. The van der Waals surface area contributed by atoms with Crippen molar-refractivity contribution < 1.29 is 53.6 Å². The van der Waals surface area contributed by atoms with E-state index in [0.717, 1.165) is 24.3 Å². The number of benzene rings is 2. The first-order chi connectivity index (χ1) is 16.6. The molecule has 2 aromatic rings. The number of aliphatic carboxylic acids is 2. The van der Waals surface area contributed by atoms with Crippen LogP contribution in [0.1, 0.15) is 27.1 Å². The van der Waals surface area contributed by atoms with Gasteiger partial charge in [0.05, 0.1) is 33.5 Å². The molecule has 3 atom stereocenters. The van der Waals surface area contributed by atoms with Crippen molar-refractivity contribution in [1.29, 1.82) is 0 Å². The first-order valence-electron chi connectivity index (χ1n) is 10.7. The monoisotopic (exact) mass is 501 g/mol. The van der Waals surface area contributed by atoms with E-state index in [0.29, 0.717) is 0 Å². The van der Waals surface area contributed by atoms with E-state index in [-0.39, 0.29) is 11.0 Å². The topological polar surface area (TPSA) is 178 Å². The summed E-state index contributed by atoms with van der Waals surface area (Å²) in [5.41, 5.74) is -9.06. The lowest BCUT2D eigenvalue weighted by Crippen LogP contribution is -2.74. The number of nitrogens with zero attached hydrogens (tertiary/aromatic N) is 1. The predicted molar refractivity (Wildman–Crippen MR) is 121 cm³/mol. The molecule has 11 nitrogen and oxygen atoms in total. The Kier molecular flexibility index (Phi) is 8.47. The molecule has 0 radical (unpaired) electrons. The van der Waals surface area contributed by atoms with Gasteiger partial charge in [-0.15, -0.1) is 0 Å². The highest BCUT2D eigenvalue weighted by atomic mass is 16.6. The highest BCUT2D eigenvalue weighted by Gasteiger charge is 2.67. The molecular weight excluding hydrogens is 474 g/mol. The molecule has 0 bridgehead atoms. The van der Waals surface area contributed by atoms with Crippen molar-refractivity contribution in [2.24, 2.45) is 0 Å². The molecule has 0 saturated heterocycles. The number of aliphatic hydroxyl groups is 2. The van der Waals surface area contributed by atoms with Gasteiger partial charge in [-0.3, -0.25) is 14.4 Å². The number of esters is 1. The minimum absolute atomic E-state index is 0.0734. The molecule has 3 N–H and O–H groups in total. The Hall–Kier alpha value is -3.93. The van der Waals surface area contributed by atoms with Crippen LogP contribution in [0, 0.1) is 0 Å². The van der Waals surface area contributed by atoms with Gasteiger partial charge in [0.15, 0.2) is 6.10 Å². The summed E-state index contributed by atoms with van der Waals surface area (Å²) in [4.78, 5) is 63.5. The summed E-state index contributed by atoms with van der Waals surface area (Å²) in [7, 11) is 4.92. The molecule has 2 unspecified atom stereocenters. The Morgan fingerprint density at radius 1 is 0.833 bits per heavy atom. The SMILES string of the molecule is C[N+](C)(C)C[C@H](CC(=O)O)OC(=O)C(O)(C(=O)c1ccccc1)C(O)(C(=O)[O-])C(=O)c1ccccc1. The average Bonchev–Trinajstić information content (AvgIpc) is 2.81. The van der Waals surface area contributed by atoms with E-state index in [1.54, 1.807) is 21.1 Å². The van der Waals surface area contributed by atoms with Gasteiger partial charge in [0.25, 0.3) is 5.60 Å². The van der Waals surface area contributed by atoms with Crippen LogP contribution in [0.4, 0.5) is 0 Å². The fourth-order valence-corrected chi connectivity index (χ4v) is 3.59. The molecule has 0 aliphatic rings. The van der Waals surface area contributed by atoms with Crippen molar-refractivity contribution in [3.63, 3.8) is 0 Å². The summed E-state index contributed by atoms with van der Waals surface area (Å²) in [5.74, 6) is -9.43. The number of rotatable bonds is 12. The maximum atomic E-state index is 13.4. The van der Waals surface area contributed by atoms with Crippen LogP contribution >= 0.6 is 0 Å². The van der Waals surface area contributed by atoms with E-state index >= 15 is 0 Å². The van der Waals surface area contributed by atoms with Gasteiger partial charge in [-0.2, -0.15) is 0 Å². The van der Waals surface area contributed by atoms with Crippen LogP contribution < -0.4 is 5.11 Å². The molecule has 0 fully saturated rings. The highest BCUT2D eigenvalue weighted by molar-refractivity contribution is 6.28. The van der Waals surface area contributed by atoms with Crippen molar-refractivity contribution >= 4 is 29.5 Å². The molecule has 11 heteroatoms. The van der Waals surface area contributed by atoms with E-state index in [2.05, 4.69) is 0 Å². The number of likely N-dealkylation sites (N-methyl/N-ethyl adjacent to an activating group) is 1. The van der Waals surface area contributed by atoms with Gasteiger partial charge in [-0.25, -0.2) is 4.79 Å². The van der Waals surface area contributed by atoms with E-state index in [1.165, 1.54) is 36.4 Å². The summed E-state index contributed by atoms with van der Waals surface area (Å²) in [6.07, 6.45) is -2.24. The number of ether oxygens (including phenoxy) is 1. The lowest BCUT2D eigenvalue weighted by molar-refractivity contribution is -0.873. The van der Waals surface area contributed by atoms with Crippen molar-refractivity contribution in [3.05, 3.63) is 71.8 Å². The molecular formula is C25H27NO10. The second-order valence-corrected chi connectivity index (χ2v) is 9.20. The summed E-state index contributed by atoms with van der Waals surface area (Å²) >= 11 is 0. The van der Waals surface area contributed by atoms with Gasteiger partial charge in [-0.05, 0) is 0 Å². The van der Waals surface area contributed by atoms with E-state index in [4.69, 9.17) is 4.74 Å². The molecule has 0 saturated carbocycles. The molecule has 36 heavy (non-hydrogen) atoms. The zero-order valence-electron chi connectivity index (χ0n) is 19.9. The first kappa shape index (κ1) is 28.3. The second-order valence-electron chi connectivity index (χ2n) is 9.20. The third kappa shape index (κ3) is 5.82. The van der Waals surface area contributed by atoms with Crippen LogP contribution in [0.3, 0.4) is 0 Å². The smallest absolute Gasteiger partial charge is 0.351 e. The zero-order chi connectivity index (χ0) is 27.3. The largest absolute Gasteiger partial charge is 0.546 e. The zero-order valence-corrected chi connectivity index (χ0v) is 19.9. The van der Waals surface area contributed by atoms with Gasteiger partial charge in [-0.1, -0.05) is 60.7 Å². The summed E-state index contributed by atoms with van der Waals surface area (Å²) in [6, 6.07) is 12.7. The van der Waals surface area contributed by atoms with Gasteiger partial charge >= 0.3 is 11.9 Å². The number of quaternary nitrogens is 1. The number of hydrogen-bond donors (Lipinski definition) is 3. The van der Waals surface area contributed by atoms with E-state index in [1.807, 2.05) is 0 Å². The molecule has 0 spiro atoms. The highest BCUT2D eigenvalue weighted by Crippen LogP contribution is 2.32. The Labute approximate surface area is 206 Å². The molecule has 2 aromatic carbocycles. The Morgan fingerprint density at radius 3 is 1.61 bits per heavy atom. The predicted octanol–water partition coefficient (Wildman–Crippen LogP) is -0.943. The molecule has 0 heterocycles. The number of carboxylic acid groups (broad SMARTS) is 2. The minimum atomic E-state index is -4.14. The number of ketones is 2. The molecule has 192 valence electrons. The summed E-state index contributed by atoms with van der Waals surface area (Å²) in [5, 5.41) is 44.0. The fraction of sp³-hybridized carbons (Fsp3) is 0.320. The van der Waals surface area contributed by atoms with Crippen LogP contribution in [0.15, 0.2) is 60.7 Å². The van der Waals surface area contributed by atoms with Crippen LogP contribution in [-0.2, 0) is 19.1 Å². The van der Waals surface area contributed by atoms with Crippen LogP contribution in [-0.4, -0.2) is 94.3 Å². The lowest BCUT2D eigenvalue weighted by atomic mass is 9.73. The summed E-state index contributed by atoms with van der Waals surface area (Å²) < 4.78 is 5.19. The number of Topliss-reactive ketones (excluding diaryl/α,β-unsaturated/α-hetero) is 2. The van der Waals surface area contributed by atoms with Gasteiger partial charge in [0.1, 0.15) is 6.54 Å². The quantitative estimate of drug-likeness (QED) is 0.142. The van der Waals surface area contributed by atoms with Gasteiger partial charge < -0.3 is 34.4 Å². The number of carboxylic acids is 2. The van der Waals surface area contributed by atoms with Crippen molar-refractivity contribution in [1.82, 2.24) is 0 Å². The second kappa shape index (κ2) is 10.8. The van der Waals surface area contributed by atoms with Crippen LogP contribution in [0.2, 0.25) is 0 Å². The Balaban J connectivity index is 2.72. The standard InChI is InChI=1S/C25H27NO10/c1-26(2,3)15-18(14-19(27)28)36-23(33)25(35,21(30)17-12-8-5-9-13-17)24(34,22(31)32)20(29)16-10-6-4-7-11-16/h4-13,18,34-35H,14-15H2,1-3H3,(H-,27,28,31,32)/t18-,24?,25?/m0/s1. The van der Waals surface area contributed by atoms with Gasteiger partial charge in [0, 0.05) is 11.1 Å². The van der Waals surface area contributed by atoms with Crippen molar-refractivity contribution in [2.45, 2.75) is 23.7 Å². The fourth-order valence-electron chi connectivity index (χ4n) is 3.59. The molecule has 0 amide bonds. The normalized spacial score (nSPS) is 15.6. The van der Waals surface area contributed by atoms with Crippen LogP contribution in [0.25, 0.3) is 0 Å². The molecule has 0 aliphatic heterocycles. The molecule has 0 aromatic heterocycles. The van der Waals surface area contributed by atoms with Gasteiger partial charge in [0.2, 0.25) is 17.2 Å². The number of carbonyl (C=O) groups excluding carboxylic acids is 4. The minimum Gasteiger partial charge on any atom is -0.546 e. The first-order valence-corrected chi connectivity index (χ1v) is 10.7. The maximum Gasteiger partial charge on any atom is 0.351 e. The van der Waals surface area contributed by atoms with E-state index < -0.39 is 64.3 Å². The average molecular weight is 501 g/mol. The number of hydrogen-bond acceptors (Lipinski definition) is 9. The third-order valence-electron chi connectivity index (χ3n) is 5.27. The Bertz CT molecular complexity index is 1140. The van der Waals surface area contributed by atoms with Crippen molar-refractivity contribution in [2.75, 3.05) is 27.7 Å². The van der Waals surface area contributed by atoms with Crippen LogP contribution in [0.5, 0.6) is 0 Å².